The maximum absolute atomic E-state index is 12.3. The van der Waals surface area contributed by atoms with Crippen LogP contribution in [-0.2, 0) is 14.3 Å². The van der Waals surface area contributed by atoms with Gasteiger partial charge in [0.25, 0.3) is 0 Å². The average molecular weight is 415 g/mol. The molecule has 0 N–H and O–H groups in total. The van der Waals surface area contributed by atoms with E-state index in [4.69, 9.17) is 4.74 Å². The van der Waals surface area contributed by atoms with E-state index in [9.17, 15) is 23.2 Å². The number of benzene rings is 2. The molecule has 156 valence electrons. The molecule has 1 fully saturated rings. The van der Waals surface area contributed by atoms with Crippen LogP contribution >= 0.6 is 0 Å². The predicted octanol–water partition coefficient (Wildman–Crippen LogP) is 3.85. The normalized spacial score (nSPS) is 13.8. The van der Waals surface area contributed by atoms with Gasteiger partial charge in [0, 0.05) is 30.3 Å². The molecule has 1 aliphatic rings. The summed E-state index contributed by atoms with van der Waals surface area (Å²) in [7, 11) is 0. The van der Waals surface area contributed by atoms with Gasteiger partial charge in [-0.2, -0.15) is 8.78 Å². The van der Waals surface area contributed by atoms with Gasteiger partial charge in [0.2, 0.25) is 5.91 Å². The smallest absolute Gasteiger partial charge is 0.387 e. The number of rotatable bonds is 8. The Morgan fingerprint density at radius 1 is 1.13 bits per heavy atom. The number of halogens is 2. The van der Waals surface area contributed by atoms with Crippen LogP contribution in [0.1, 0.15) is 28.8 Å². The standard InChI is InChI=1S/C22H19F2NO5/c23-22(24)30-18-9-6-15(7-10-18)8-11-21(28)29-14-19(26)16-3-1-4-17(13-16)25-12-2-5-20(25)27/h1,3-4,6-11,13,22H,2,5,12,14H2/b11-8+. The number of alkyl halides is 2. The van der Waals surface area contributed by atoms with Gasteiger partial charge in [0.15, 0.2) is 12.4 Å². The van der Waals surface area contributed by atoms with E-state index in [0.29, 0.717) is 29.8 Å². The summed E-state index contributed by atoms with van der Waals surface area (Å²) in [6.07, 6.45) is 3.83. The predicted molar refractivity (Wildman–Crippen MR) is 105 cm³/mol. The minimum Gasteiger partial charge on any atom is -0.454 e. The number of esters is 1. The zero-order valence-corrected chi connectivity index (χ0v) is 15.9. The molecule has 0 aliphatic carbocycles. The van der Waals surface area contributed by atoms with Gasteiger partial charge in [0.1, 0.15) is 5.75 Å². The third-order valence-corrected chi connectivity index (χ3v) is 4.42. The third kappa shape index (κ3) is 5.73. The lowest BCUT2D eigenvalue weighted by Gasteiger charge is -2.16. The molecule has 2 aromatic carbocycles. The van der Waals surface area contributed by atoms with Crippen LogP contribution < -0.4 is 9.64 Å². The maximum Gasteiger partial charge on any atom is 0.387 e. The van der Waals surface area contributed by atoms with Crippen molar-refractivity contribution in [3.8, 4) is 5.75 Å². The lowest BCUT2D eigenvalue weighted by Crippen LogP contribution is -2.24. The Balaban J connectivity index is 1.52. The summed E-state index contributed by atoms with van der Waals surface area (Å²) in [6.45, 7) is -2.73. The molecule has 30 heavy (non-hydrogen) atoms. The fourth-order valence-electron chi connectivity index (χ4n) is 2.96. The number of ether oxygens (including phenoxy) is 2. The lowest BCUT2D eigenvalue weighted by atomic mass is 10.1. The molecule has 3 rings (SSSR count). The van der Waals surface area contributed by atoms with Gasteiger partial charge >= 0.3 is 12.6 Å². The topological polar surface area (TPSA) is 72.9 Å². The molecule has 0 spiro atoms. The minimum atomic E-state index is -2.91. The van der Waals surface area contributed by atoms with Gasteiger partial charge in [-0.05, 0) is 42.3 Å². The largest absolute Gasteiger partial charge is 0.454 e. The van der Waals surface area contributed by atoms with E-state index in [1.807, 2.05) is 0 Å². The second-order valence-electron chi connectivity index (χ2n) is 6.51. The first-order valence-corrected chi connectivity index (χ1v) is 9.26. The van der Waals surface area contributed by atoms with Gasteiger partial charge < -0.3 is 14.4 Å². The molecule has 1 saturated heterocycles. The Morgan fingerprint density at radius 3 is 2.57 bits per heavy atom. The Kier molecular flexibility index (Phi) is 6.90. The molecule has 1 heterocycles. The van der Waals surface area contributed by atoms with Crippen molar-refractivity contribution in [3.63, 3.8) is 0 Å². The SMILES string of the molecule is O=C(/C=C/c1ccc(OC(F)F)cc1)OCC(=O)c1cccc(N2CCCC2=O)c1. The van der Waals surface area contributed by atoms with Crippen LogP contribution in [0.25, 0.3) is 6.08 Å². The summed E-state index contributed by atoms with van der Waals surface area (Å²) < 4.78 is 33.4. The second kappa shape index (κ2) is 9.78. The number of anilines is 1. The van der Waals surface area contributed by atoms with Crippen LogP contribution in [0.15, 0.2) is 54.6 Å². The van der Waals surface area contributed by atoms with Crippen LogP contribution in [0.3, 0.4) is 0 Å². The van der Waals surface area contributed by atoms with Crippen molar-refractivity contribution in [1.29, 1.82) is 0 Å². The molecule has 0 saturated carbocycles. The molecule has 6 nitrogen and oxygen atoms in total. The zero-order valence-electron chi connectivity index (χ0n) is 15.9. The summed E-state index contributed by atoms with van der Waals surface area (Å²) in [5, 5.41) is 0. The number of nitrogens with zero attached hydrogens (tertiary/aromatic N) is 1. The van der Waals surface area contributed by atoms with E-state index in [1.165, 1.54) is 30.3 Å². The van der Waals surface area contributed by atoms with Crippen molar-refractivity contribution in [1.82, 2.24) is 0 Å². The van der Waals surface area contributed by atoms with Crippen LogP contribution in [-0.4, -0.2) is 37.4 Å². The summed E-state index contributed by atoms with van der Waals surface area (Å²) in [5.41, 5.74) is 1.57. The van der Waals surface area contributed by atoms with Crippen LogP contribution in [0.2, 0.25) is 0 Å². The van der Waals surface area contributed by atoms with Crippen molar-refractivity contribution in [2.45, 2.75) is 19.5 Å². The van der Waals surface area contributed by atoms with Gasteiger partial charge in [0.05, 0.1) is 0 Å². The van der Waals surface area contributed by atoms with Gasteiger partial charge in [-0.1, -0.05) is 24.3 Å². The average Bonchev–Trinajstić information content (AvgIpc) is 3.17. The molecule has 2 aromatic rings. The van der Waals surface area contributed by atoms with Crippen LogP contribution in [0.4, 0.5) is 14.5 Å². The maximum atomic E-state index is 12.3. The highest BCUT2D eigenvalue weighted by molar-refractivity contribution is 6.01. The molecular weight excluding hydrogens is 396 g/mol. The molecule has 0 atom stereocenters. The fourth-order valence-corrected chi connectivity index (χ4v) is 2.96. The number of hydrogen-bond acceptors (Lipinski definition) is 5. The van der Waals surface area contributed by atoms with Crippen molar-refractivity contribution in [3.05, 3.63) is 65.7 Å². The first-order chi connectivity index (χ1) is 14.4. The highest BCUT2D eigenvalue weighted by atomic mass is 19.3. The minimum absolute atomic E-state index is 0.00758. The third-order valence-electron chi connectivity index (χ3n) is 4.42. The summed E-state index contributed by atoms with van der Waals surface area (Å²) >= 11 is 0. The van der Waals surface area contributed by atoms with Crippen molar-refractivity contribution < 1.29 is 32.6 Å². The fraction of sp³-hybridized carbons (Fsp3) is 0.227. The Hall–Kier alpha value is -3.55. The molecule has 1 amide bonds. The number of ketones is 1. The number of carbonyl (C=O) groups is 3. The molecule has 0 aromatic heterocycles. The number of carbonyl (C=O) groups excluding carboxylic acids is 3. The van der Waals surface area contributed by atoms with Crippen molar-refractivity contribution in [2.75, 3.05) is 18.1 Å². The summed E-state index contributed by atoms with van der Waals surface area (Å²) in [6, 6.07) is 12.3. The lowest BCUT2D eigenvalue weighted by molar-refractivity contribution is -0.136. The first kappa shape index (κ1) is 21.2. The highest BCUT2D eigenvalue weighted by Gasteiger charge is 2.22. The number of Topliss-reactive ketones (excluding diaryl/α,β-unsaturated/α-hetero) is 1. The van der Waals surface area contributed by atoms with E-state index in [2.05, 4.69) is 4.74 Å². The molecule has 0 radical (unpaired) electrons. The molecule has 0 unspecified atom stereocenters. The molecule has 8 heteroatoms. The Morgan fingerprint density at radius 2 is 1.90 bits per heavy atom. The summed E-state index contributed by atoms with van der Waals surface area (Å²) in [4.78, 5) is 37.6. The monoisotopic (exact) mass is 415 g/mol. The number of hydrogen-bond donors (Lipinski definition) is 0. The Bertz CT molecular complexity index is 956. The van der Waals surface area contributed by atoms with Crippen molar-refractivity contribution >= 4 is 29.4 Å². The highest BCUT2D eigenvalue weighted by Crippen LogP contribution is 2.22. The molecule has 1 aliphatic heterocycles. The first-order valence-electron chi connectivity index (χ1n) is 9.26. The van der Waals surface area contributed by atoms with Gasteiger partial charge in [-0.15, -0.1) is 0 Å². The molecular formula is C22H19F2NO5. The second-order valence-corrected chi connectivity index (χ2v) is 6.51. The Labute approximate surface area is 171 Å². The zero-order chi connectivity index (χ0) is 21.5. The number of amides is 1. The van der Waals surface area contributed by atoms with E-state index in [0.717, 1.165) is 12.5 Å². The van der Waals surface area contributed by atoms with Gasteiger partial charge in [-0.3, -0.25) is 9.59 Å². The van der Waals surface area contributed by atoms with Crippen LogP contribution in [0.5, 0.6) is 5.75 Å². The van der Waals surface area contributed by atoms with Gasteiger partial charge in [-0.25, -0.2) is 4.79 Å². The molecule has 0 bridgehead atoms. The summed E-state index contributed by atoms with van der Waals surface area (Å²) in [5.74, 6) is -1.08. The van der Waals surface area contributed by atoms with E-state index < -0.39 is 25.0 Å². The van der Waals surface area contributed by atoms with E-state index in [-0.39, 0.29) is 11.7 Å². The quantitative estimate of drug-likeness (QED) is 0.372. The van der Waals surface area contributed by atoms with E-state index in [1.54, 1.807) is 29.2 Å². The van der Waals surface area contributed by atoms with Crippen LogP contribution in [0, 0.1) is 0 Å². The van der Waals surface area contributed by atoms with Crippen molar-refractivity contribution in [2.24, 2.45) is 0 Å². The van der Waals surface area contributed by atoms with E-state index >= 15 is 0 Å².